The standard InChI is InChI=1S/C80H119N25O26S3/c1-38(2)20-47-69(122)103-54(65(118)90-28-59(83)109)35-132-32-41-21-42-23-43(22-41)34-134-37-56(78(131)105-19-9-14-57(105)77(130)91-29-60(110)92-50(26-62(113)114)72(125)95-46(15-16-61(111)112)68(121)100-52(30-106)74(127)96-47)104-71(124)49(25-58(82)108)98-67(120)45(13-8-18-89-80(86)87)93-70(123)48(24-40-10-5-4-6-11-40)97-66(119)44(12-7-17-88-79(84)85)94-73(126)51(27-63(115)116)99-75(128)53(31-107)101-76(129)55(36-133-33-42)102-64(117)39(3)81/h4-6,10-11,21-23,38-39,44-57,106-107H,7-9,12-20,24-37,81H2,1-3H3,(H2,82,108)(H2,83,109)(H,90,118)(H,91,130)(H,92,110)(H,93,123)(H,94,126)(H,95,125)(H,96,127)(H,97,119)(H,98,120)(H,99,128)(H,100,121)(H,101,129)(H,102,117)(H,103,122)(H,104,124)(H,111,112)(H,113,114)(H,115,116)(H4,84,85,88)(H4,86,87,89)/t39-,44-,45-,46-,47-,48-,49-,50-,51-,52-,53-,54-,55-,56-,57-/m0/s1. The molecule has 3 aliphatic rings. The van der Waals surface area contributed by atoms with Crippen molar-refractivity contribution in [3.63, 3.8) is 0 Å². The van der Waals surface area contributed by atoms with Gasteiger partial charge >= 0.3 is 17.9 Å². The number of guanidine groups is 2. The number of rotatable bonds is 28. The third-order valence-corrected chi connectivity index (χ3v) is 23.6. The minimum atomic E-state index is -2.13. The van der Waals surface area contributed by atoms with Gasteiger partial charge in [0.2, 0.25) is 106 Å². The zero-order valence-electron chi connectivity index (χ0n) is 73.6. The minimum absolute atomic E-state index is 0.0715. The number of primary amides is 2. The van der Waals surface area contributed by atoms with Crippen molar-refractivity contribution in [3.8, 4) is 0 Å². The average molecular weight is 1940 g/mol. The van der Waals surface area contributed by atoms with Crippen LogP contribution >= 0.6 is 35.3 Å². The minimum Gasteiger partial charge on any atom is -0.481 e. The number of carbonyl (C=O) groups excluding carboxylic acids is 18. The van der Waals surface area contributed by atoms with Crippen LogP contribution in [0.1, 0.15) is 120 Å². The number of fused-ring (bicyclic) bond motifs is 6. The molecule has 2 aromatic carbocycles. The number of benzene rings is 2. The van der Waals surface area contributed by atoms with Crippen LogP contribution in [-0.2, 0) is 124 Å². The van der Waals surface area contributed by atoms with Crippen LogP contribution in [0, 0.1) is 16.7 Å². The van der Waals surface area contributed by atoms with Gasteiger partial charge in [-0.1, -0.05) is 62.4 Å². The molecular weight excluding hydrogens is 1820 g/mol. The molecular formula is C80H119N25O26S3. The average Bonchev–Trinajstić information content (AvgIpc) is 1.65. The Bertz CT molecular complexity index is 4580. The Kier molecular flexibility index (Phi) is 47.0. The summed E-state index contributed by atoms with van der Waals surface area (Å²) in [6, 6.07) is -14.2. The molecule has 134 heavy (non-hydrogen) atoms. The van der Waals surface area contributed by atoms with Crippen LogP contribution in [0.25, 0.3) is 0 Å². The summed E-state index contributed by atoms with van der Waals surface area (Å²) in [5, 5.41) is 107. The summed E-state index contributed by atoms with van der Waals surface area (Å²) in [5.74, 6) is -29.2. The Morgan fingerprint density at radius 3 is 1.40 bits per heavy atom. The summed E-state index contributed by atoms with van der Waals surface area (Å²) in [7, 11) is 0. The lowest BCUT2D eigenvalue weighted by molar-refractivity contribution is -0.142. The summed E-state index contributed by atoms with van der Waals surface area (Å²) < 4.78 is 0. The number of carboxylic acid groups (broad SMARTS) is 3. The Balaban J connectivity index is 1.79. The van der Waals surface area contributed by atoms with Crippen LogP contribution < -0.4 is 119 Å². The molecule has 51 nitrogen and oxygen atoms in total. The predicted octanol–water partition coefficient (Wildman–Crippen LogP) is -10.7. The maximum Gasteiger partial charge on any atom is 0.305 e. The monoisotopic (exact) mass is 1940 g/mol. The van der Waals surface area contributed by atoms with Crippen LogP contribution in [-0.4, -0.2) is 320 Å². The molecule has 0 unspecified atom stereocenters. The number of thioether (sulfide) groups is 3. The van der Waals surface area contributed by atoms with E-state index in [9.17, 15) is 107 Å². The third-order valence-electron chi connectivity index (χ3n) is 20.2. The zero-order chi connectivity index (χ0) is 99.6. The maximum atomic E-state index is 15.5. The van der Waals surface area contributed by atoms with Gasteiger partial charge in [-0.25, -0.2) is 0 Å². The highest BCUT2D eigenvalue weighted by Gasteiger charge is 2.42. The number of aliphatic carboxylic acids is 3. The number of hydrogen-bond donors (Lipinski definition) is 29. The highest BCUT2D eigenvalue weighted by molar-refractivity contribution is 7.99. The molecule has 1 fully saturated rings. The molecule has 0 spiro atoms. The van der Waals surface area contributed by atoms with Crippen molar-refractivity contribution in [2.24, 2.45) is 34.6 Å². The van der Waals surface area contributed by atoms with E-state index in [1.54, 1.807) is 62.4 Å². The molecule has 5 rings (SSSR count). The van der Waals surface area contributed by atoms with Crippen molar-refractivity contribution in [1.29, 1.82) is 10.8 Å². The number of aliphatic hydroxyl groups is 2. The van der Waals surface area contributed by atoms with Crippen LogP contribution in [0.5, 0.6) is 0 Å². The number of nitrogens with two attached hydrogens (primary N) is 5. The van der Waals surface area contributed by atoms with Gasteiger partial charge in [0.05, 0.1) is 51.6 Å². The summed E-state index contributed by atoms with van der Waals surface area (Å²) in [6.45, 7) is -0.235. The molecule has 15 atom stereocenters. The SMILES string of the molecule is CC(C)C[C@@H]1NC(=O)[C@H](CO)NC(=O)[C@H](CCC(=O)O)NC(=O)[C@H](CC(=O)O)NC(=O)CNC(=O)[C@@H]2CCCN2C(=O)[C@@H]2CSCc3cc(cc(c3)CSC[C@@H](C(=O)NCC(N)=O)NC1=O)CSC[C@H](NC(=O)[C@H](C)N)C(=O)N[C@@H](CO)C(=O)N[C@@H](CC(=O)O)C(=O)N[C@@H](CCCNC(=N)N)C(=O)N[C@@H](Cc1ccccc1)C(=O)N[C@@H](CCCNC(=N)N)C(=O)N[C@@H](CC(N)=O)C(=O)N2. The van der Waals surface area contributed by atoms with Crippen molar-refractivity contribution >= 4 is 171 Å². The van der Waals surface area contributed by atoms with Crippen molar-refractivity contribution in [2.45, 2.75) is 212 Å². The third kappa shape index (κ3) is 39.7. The van der Waals surface area contributed by atoms with Gasteiger partial charge in [0.15, 0.2) is 11.9 Å². The van der Waals surface area contributed by atoms with Gasteiger partial charge in [-0.3, -0.25) is 112 Å². The summed E-state index contributed by atoms with van der Waals surface area (Å²) in [4.78, 5) is 295. The Morgan fingerprint density at radius 2 is 0.918 bits per heavy atom. The predicted molar refractivity (Wildman–Crippen MR) is 481 cm³/mol. The fraction of sp³-hybridized carbons (Fsp3) is 0.562. The van der Waals surface area contributed by atoms with E-state index in [2.05, 4.69) is 90.4 Å². The summed E-state index contributed by atoms with van der Waals surface area (Å²) >= 11 is 2.94. The van der Waals surface area contributed by atoms with Gasteiger partial charge in [-0.2, -0.15) is 35.3 Å². The van der Waals surface area contributed by atoms with E-state index in [1.807, 2.05) is 0 Å². The van der Waals surface area contributed by atoms with E-state index in [4.69, 9.17) is 39.5 Å². The Morgan fingerprint density at radius 1 is 0.485 bits per heavy atom. The second-order valence-electron chi connectivity index (χ2n) is 31.9. The molecule has 1 saturated heterocycles. The lowest BCUT2D eigenvalue weighted by Gasteiger charge is -2.30. The molecule has 18 amide bonds. The fourth-order valence-electron chi connectivity index (χ4n) is 13.6. The number of nitrogens with one attached hydrogen (secondary N) is 19. The summed E-state index contributed by atoms with van der Waals surface area (Å²) in [5.41, 5.74) is 29.9. The van der Waals surface area contributed by atoms with Crippen molar-refractivity contribution in [2.75, 3.05) is 63.2 Å². The van der Waals surface area contributed by atoms with Crippen LogP contribution in [0.3, 0.4) is 0 Å². The number of hydrogen-bond acceptors (Lipinski definition) is 29. The molecule has 3 heterocycles. The molecule has 0 aromatic heterocycles. The second kappa shape index (κ2) is 56.6. The van der Waals surface area contributed by atoms with Crippen molar-refractivity contribution in [3.05, 3.63) is 70.8 Å². The molecule has 0 saturated carbocycles. The van der Waals surface area contributed by atoms with E-state index in [0.717, 1.165) is 40.2 Å². The van der Waals surface area contributed by atoms with Crippen LogP contribution in [0.2, 0.25) is 0 Å². The van der Waals surface area contributed by atoms with Gasteiger partial charge < -0.3 is 149 Å². The van der Waals surface area contributed by atoms with Crippen LogP contribution in [0.4, 0.5) is 0 Å². The summed E-state index contributed by atoms with van der Waals surface area (Å²) in [6.07, 6.45) is -6.79. The molecule has 0 aliphatic carbocycles. The first-order valence-corrected chi connectivity index (χ1v) is 45.9. The Hall–Kier alpha value is -13.2. The lowest BCUT2D eigenvalue weighted by Crippen LogP contribution is -2.61. The lowest BCUT2D eigenvalue weighted by atomic mass is 10.0. The van der Waals surface area contributed by atoms with Crippen LogP contribution in [0.15, 0.2) is 48.5 Å². The topological polar surface area (TPSA) is 845 Å². The van der Waals surface area contributed by atoms with Gasteiger partial charge in [0.25, 0.3) is 0 Å². The van der Waals surface area contributed by atoms with Gasteiger partial charge in [-0.05, 0) is 86.5 Å². The first kappa shape index (κ1) is 111. The zero-order valence-corrected chi connectivity index (χ0v) is 76.1. The number of amides is 18. The molecule has 54 heteroatoms. The molecule has 3 aliphatic heterocycles. The highest BCUT2D eigenvalue weighted by Crippen LogP contribution is 2.27. The van der Waals surface area contributed by atoms with E-state index < -0.39 is 316 Å². The van der Waals surface area contributed by atoms with E-state index >= 15 is 19.2 Å². The first-order valence-electron chi connectivity index (χ1n) is 42.4. The fourth-order valence-corrected chi connectivity index (χ4v) is 16.6. The number of nitrogens with zero attached hydrogens (tertiary/aromatic N) is 1. The van der Waals surface area contributed by atoms with Gasteiger partial charge in [0.1, 0.15) is 84.6 Å². The van der Waals surface area contributed by atoms with Crippen molar-refractivity contribution in [1.82, 2.24) is 95.3 Å². The number of carbonyl (C=O) groups is 21. The van der Waals surface area contributed by atoms with Gasteiger partial charge in [0, 0.05) is 67.0 Å². The smallest absolute Gasteiger partial charge is 0.305 e. The normalized spacial score (nSPS) is 24.3. The maximum absolute atomic E-state index is 15.5. The van der Waals surface area contributed by atoms with E-state index in [1.165, 1.54) is 6.92 Å². The molecule has 0 radical (unpaired) electrons. The quantitative estimate of drug-likeness (QED) is 0.0214. The highest BCUT2D eigenvalue weighted by atomic mass is 32.2. The number of carboxylic acids is 3. The van der Waals surface area contributed by atoms with Gasteiger partial charge in [-0.15, -0.1) is 0 Å². The Labute approximate surface area is 780 Å². The molecule has 2 aromatic rings. The molecule has 4 bridgehead atoms. The van der Waals surface area contributed by atoms with Crippen molar-refractivity contribution < 1.29 is 126 Å². The second-order valence-corrected chi connectivity index (χ2v) is 35.0. The number of aliphatic hydroxyl groups excluding tert-OH is 2. The van der Waals surface area contributed by atoms with E-state index in [-0.39, 0.29) is 80.5 Å². The largest absolute Gasteiger partial charge is 0.481 e. The molecule has 738 valence electrons. The molecule has 34 N–H and O–H groups in total. The van der Waals surface area contributed by atoms with E-state index in [0.29, 0.717) is 22.3 Å². The first-order chi connectivity index (χ1) is 63.3.